The van der Waals surface area contributed by atoms with Gasteiger partial charge in [0.2, 0.25) is 5.91 Å². The molecular formula is C14H25N3O. The Morgan fingerprint density at radius 3 is 2.72 bits per heavy atom. The fourth-order valence-electron chi connectivity index (χ4n) is 2.72. The minimum absolute atomic E-state index is 0.0400. The van der Waals surface area contributed by atoms with E-state index in [9.17, 15) is 4.79 Å². The van der Waals surface area contributed by atoms with E-state index in [2.05, 4.69) is 19.9 Å². The van der Waals surface area contributed by atoms with Crippen LogP contribution in [0.2, 0.25) is 0 Å². The summed E-state index contributed by atoms with van der Waals surface area (Å²) in [5.41, 5.74) is 5.67. The van der Waals surface area contributed by atoms with Crippen LogP contribution in [-0.2, 0) is 4.79 Å². The number of carbonyl (C=O) groups excluding carboxylic acids is 1. The first-order valence-corrected chi connectivity index (χ1v) is 6.83. The zero-order valence-corrected chi connectivity index (χ0v) is 11.8. The standard InChI is InChI=1S/C14H25N3O/c1-11(2)10-17(9-5-8-15)13(18)14(3)7-4-6-12(14)16/h11-12H,4-7,9-10,16H2,1-3H3. The van der Waals surface area contributed by atoms with Crippen LogP contribution in [0.15, 0.2) is 0 Å². The SMILES string of the molecule is CC(C)CN(CCC#N)C(=O)C1(C)CCCC1N. The van der Waals surface area contributed by atoms with Crippen LogP contribution in [0.4, 0.5) is 0 Å². The Bertz CT molecular complexity index is 334. The molecule has 0 bridgehead atoms. The van der Waals surface area contributed by atoms with Crippen LogP contribution < -0.4 is 5.73 Å². The normalized spacial score (nSPS) is 27.2. The molecule has 1 amide bonds. The number of carbonyl (C=O) groups is 1. The van der Waals surface area contributed by atoms with Crippen LogP contribution in [0.1, 0.15) is 46.5 Å². The van der Waals surface area contributed by atoms with Gasteiger partial charge >= 0.3 is 0 Å². The Hall–Kier alpha value is -1.08. The number of nitrogens with two attached hydrogens (primary N) is 1. The predicted molar refractivity (Wildman–Crippen MR) is 71.6 cm³/mol. The van der Waals surface area contributed by atoms with Crippen molar-refractivity contribution in [3.63, 3.8) is 0 Å². The summed E-state index contributed by atoms with van der Waals surface area (Å²) in [4.78, 5) is 14.5. The third-order valence-corrected chi connectivity index (χ3v) is 3.88. The average molecular weight is 251 g/mol. The minimum atomic E-state index is -0.426. The van der Waals surface area contributed by atoms with Crippen LogP contribution in [-0.4, -0.2) is 29.9 Å². The lowest BCUT2D eigenvalue weighted by Gasteiger charge is -2.35. The van der Waals surface area contributed by atoms with Gasteiger partial charge in [-0.15, -0.1) is 0 Å². The number of hydrogen-bond acceptors (Lipinski definition) is 3. The molecule has 1 rings (SSSR count). The van der Waals surface area contributed by atoms with Crippen molar-refractivity contribution >= 4 is 5.91 Å². The number of hydrogen-bond donors (Lipinski definition) is 1. The second kappa shape index (κ2) is 6.19. The van der Waals surface area contributed by atoms with E-state index in [1.165, 1.54) is 0 Å². The quantitative estimate of drug-likeness (QED) is 0.811. The molecule has 0 radical (unpaired) electrons. The summed E-state index contributed by atoms with van der Waals surface area (Å²) in [5, 5.41) is 8.70. The third kappa shape index (κ3) is 3.23. The molecule has 0 saturated heterocycles. The van der Waals surface area contributed by atoms with Crippen LogP contribution in [0.3, 0.4) is 0 Å². The molecule has 1 aliphatic carbocycles. The van der Waals surface area contributed by atoms with Crippen molar-refractivity contribution in [1.82, 2.24) is 4.90 Å². The molecule has 0 aromatic heterocycles. The molecule has 0 heterocycles. The van der Waals surface area contributed by atoms with Crippen molar-refractivity contribution in [3.05, 3.63) is 0 Å². The van der Waals surface area contributed by atoms with Crippen LogP contribution >= 0.6 is 0 Å². The van der Waals surface area contributed by atoms with Gasteiger partial charge in [0.25, 0.3) is 0 Å². The second-order valence-electron chi connectivity index (χ2n) is 5.97. The summed E-state index contributed by atoms with van der Waals surface area (Å²) in [7, 11) is 0. The van der Waals surface area contributed by atoms with Crippen molar-refractivity contribution < 1.29 is 4.79 Å². The van der Waals surface area contributed by atoms with Gasteiger partial charge < -0.3 is 10.6 Å². The lowest BCUT2D eigenvalue weighted by atomic mass is 9.83. The zero-order chi connectivity index (χ0) is 13.8. The molecule has 2 atom stereocenters. The monoisotopic (exact) mass is 251 g/mol. The van der Waals surface area contributed by atoms with Gasteiger partial charge in [-0.25, -0.2) is 0 Å². The van der Waals surface area contributed by atoms with E-state index in [4.69, 9.17) is 11.0 Å². The molecule has 18 heavy (non-hydrogen) atoms. The number of nitrogens with zero attached hydrogens (tertiary/aromatic N) is 2. The van der Waals surface area contributed by atoms with E-state index in [-0.39, 0.29) is 11.9 Å². The first-order valence-electron chi connectivity index (χ1n) is 6.83. The van der Waals surface area contributed by atoms with Gasteiger partial charge in [0.15, 0.2) is 0 Å². The third-order valence-electron chi connectivity index (χ3n) is 3.88. The molecule has 0 aliphatic heterocycles. The molecule has 0 spiro atoms. The van der Waals surface area contributed by atoms with Crippen molar-refractivity contribution in [1.29, 1.82) is 5.26 Å². The molecule has 4 heteroatoms. The van der Waals surface area contributed by atoms with E-state index in [1.54, 1.807) is 0 Å². The van der Waals surface area contributed by atoms with Crippen molar-refractivity contribution in [2.45, 2.75) is 52.5 Å². The summed E-state index contributed by atoms with van der Waals surface area (Å²) < 4.78 is 0. The highest BCUT2D eigenvalue weighted by Crippen LogP contribution is 2.38. The van der Waals surface area contributed by atoms with Gasteiger partial charge in [0.05, 0.1) is 17.9 Å². The maximum atomic E-state index is 12.7. The fourth-order valence-corrected chi connectivity index (χ4v) is 2.72. The highest BCUT2D eigenvalue weighted by atomic mass is 16.2. The number of rotatable bonds is 5. The maximum absolute atomic E-state index is 12.7. The molecule has 0 aromatic carbocycles. The molecule has 2 unspecified atom stereocenters. The second-order valence-corrected chi connectivity index (χ2v) is 5.97. The van der Waals surface area contributed by atoms with Gasteiger partial charge in [-0.2, -0.15) is 5.26 Å². The van der Waals surface area contributed by atoms with Crippen LogP contribution in [0.25, 0.3) is 0 Å². The Morgan fingerprint density at radius 2 is 2.28 bits per heavy atom. The Kier molecular flexibility index (Phi) is 5.15. The highest BCUT2D eigenvalue weighted by Gasteiger charge is 2.44. The maximum Gasteiger partial charge on any atom is 0.230 e. The van der Waals surface area contributed by atoms with Crippen molar-refractivity contribution in [2.75, 3.05) is 13.1 Å². The van der Waals surface area contributed by atoms with Crippen molar-refractivity contribution in [2.24, 2.45) is 17.1 Å². The number of amides is 1. The molecule has 1 fully saturated rings. The van der Waals surface area contributed by atoms with Crippen molar-refractivity contribution in [3.8, 4) is 6.07 Å². The minimum Gasteiger partial charge on any atom is -0.341 e. The molecule has 102 valence electrons. The Labute approximate surface area is 110 Å². The van der Waals surface area contributed by atoms with E-state index < -0.39 is 5.41 Å². The Balaban J connectivity index is 2.78. The lowest BCUT2D eigenvalue weighted by Crippen LogP contribution is -2.50. The fraction of sp³-hybridized carbons (Fsp3) is 0.857. The largest absolute Gasteiger partial charge is 0.341 e. The summed E-state index contributed by atoms with van der Waals surface area (Å²) in [5.74, 6) is 0.547. The zero-order valence-electron chi connectivity index (χ0n) is 11.8. The molecule has 2 N–H and O–H groups in total. The summed E-state index contributed by atoms with van der Waals surface area (Å²) in [6.45, 7) is 7.39. The highest BCUT2D eigenvalue weighted by molar-refractivity contribution is 5.83. The van der Waals surface area contributed by atoms with E-state index in [0.717, 1.165) is 19.3 Å². The first kappa shape index (κ1) is 15.0. The van der Waals surface area contributed by atoms with Crippen LogP contribution in [0.5, 0.6) is 0 Å². The molecule has 1 aliphatic rings. The molecule has 4 nitrogen and oxygen atoms in total. The number of nitriles is 1. The Morgan fingerprint density at radius 1 is 1.61 bits per heavy atom. The van der Waals surface area contributed by atoms with E-state index in [1.807, 2.05) is 11.8 Å². The van der Waals surface area contributed by atoms with Gasteiger partial charge in [0.1, 0.15) is 0 Å². The van der Waals surface area contributed by atoms with E-state index >= 15 is 0 Å². The summed E-state index contributed by atoms with van der Waals surface area (Å²) in [6, 6.07) is 2.08. The van der Waals surface area contributed by atoms with Gasteiger partial charge in [-0.1, -0.05) is 20.3 Å². The van der Waals surface area contributed by atoms with Crippen LogP contribution in [0, 0.1) is 22.7 Å². The lowest BCUT2D eigenvalue weighted by molar-refractivity contribution is -0.142. The summed E-state index contributed by atoms with van der Waals surface area (Å²) in [6.07, 6.45) is 3.21. The smallest absolute Gasteiger partial charge is 0.230 e. The predicted octanol–water partition coefficient (Wildman–Crippen LogP) is 1.90. The van der Waals surface area contributed by atoms with E-state index in [0.29, 0.717) is 25.4 Å². The molecular weight excluding hydrogens is 226 g/mol. The summed E-state index contributed by atoms with van der Waals surface area (Å²) >= 11 is 0. The average Bonchev–Trinajstić information content (AvgIpc) is 2.65. The molecule has 1 saturated carbocycles. The topological polar surface area (TPSA) is 70.1 Å². The molecule has 0 aromatic rings. The first-order chi connectivity index (χ1) is 8.41. The van der Waals surface area contributed by atoms with Gasteiger partial charge in [-0.05, 0) is 25.7 Å². The van der Waals surface area contributed by atoms with Gasteiger partial charge in [-0.3, -0.25) is 4.79 Å². The van der Waals surface area contributed by atoms with Gasteiger partial charge in [0, 0.05) is 19.1 Å².